The molecule has 2 rings (SSSR count). The molecular weight excluding hydrogens is 423 g/mol. The van der Waals surface area contributed by atoms with Gasteiger partial charge in [-0.15, -0.1) is 23.2 Å². The van der Waals surface area contributed by atoms with Crippen molar-refractivity contribution < 1.29 is 19.1 Å². The molecule has 0 spiro atoms. The number of rotatable bonds is 9. The number of hydrogen-bond acceptors (Lipinski definition) is 4. The van der Waals surface area contributed by atoms with E-state index in [1.54, 1.807) is 0 Å². The summed E-state index contributed by atoms with van der Waals surface area (Å²) in [5.41, 5.74) is 0. The van der Waals surface area contributed by atoms with Crippen LogP contribution in [-0.2, 0) is 19.1 Å². The van der Waals surface area contributed by atoms with E-state index in [1.165, 1.54) is 32.1 Å². The molecule has 0 saturated heterocycles. The van der Waals surface area contributed by atoms with Crippen molar-refractivity contribution in [2.75, 3.05) is 0 Å². The molecule has 0 aromatic carbocycles. The number of esters is 2. The maximum absolute atomic E-state index is 12.8. The Hall–Kier alpha value is -0.480. The van der Waals surface area contributed by atoms with Crippen molar-refractivity contribution in [2.24, 2.45) is 23.7 Å². The van der Waals surface area contributed by atoms with E-state index in [-0.39, 0.29) is 11.8 Å². The quantitative estimate of drug-likeness (QED) is 0.213. The predicted molar refractivity (Wildman–Crippen MR) is 122 cm³/mol. The molecule has 4 unspecified atom stereocenters. The monoisotopic (exact) mass is 462 g/mol. The van der Waals surface area contributed by atoms with Crippen LogP contribution < -0.4 is 0 Å². The lowest BCUT2D eigenvalue weighted by Crippen LogP contribution is -2.47. The zero-order valence-corrected chi connectivity index (χ0v) is 20.6. The molecule has 2 saturated carbocycles. The van der Waals surface area contributed by atoms with Gasteiger partial charge in [-0.1, -0.05) is 72.6 Å². The maximum Gasteiger partial charge on any atom is 0.327 e. The molecule has 6 heteroatoms. The van der Waals surface area contributed by atoms with Gasteiger partial charge in [0.1, 0.15) is 10.8 Å². The Labute approximate surface area is 192 Å². The summed E-state index contributed by atoms with van der Waals surface area (Å²) >= 11 is 12.7. The Morgan fingerprint density at radius 3 is 1.60 bits per heavy atom. The van der Waals surface area contributed by atoms with Crippen molar-refractivity contribution in [1.82, 2.24) is 0 Å². The fraction of sp³-hybridized carbons (Fsp3) is 0.917. The Morgan fingerprint density at radius 1 is 0.800 bits per heavy atom. The fourth-order valence-electron chi connectivity index (χ4n) is 4.74. The molecule has 4 atom stereocenters. The molecule has 0 bridgehead atoms. The van der Waals surface area contributed by atoms with Crippen molar-refractivity contribution in [1.29, 1.82) is 0 Å². The standard InChI is InChI=1S/C24H40Cl2O4/c1-5-16(3)20(25)22(27)29-24(30-23(28)21(26)17(4)6-2)14-12-19(13-15-24)18-10-8-7-9-11-18/h16-21H,5-15H2,1-4H3. The van der Waals surface area contributed by atoms with Crippen LogP contribution in [0.3, 0.4) is 0 Å². The second-order valence-electron chi connectivity index (χ2n) is 9.56. The van der Waals surface area contributed by atoms with Crippen molar-refractivity contribution in [3.05, 3.63) is 0 Å². The number of ether oxygens (including phenoxy) is 2. The molecule has 2 aliphatic rings. The van der Waals surface area contributed by atoms with Crippen LogP contribution in [-0.4, -0.2) is 28.5 Å². The molecule has 2 fully saturated rings. The van der Waals surface area contributed by atoms with Crippen LogP contribution >= 0.6 is 23.2 Å². The summed E-state index contributed by atoms with van der Waals surface area (Å²) in [6.45, 7) is 7.83. The van der Waals surface area contributed by atoms with Crippen LogP contribution in [0, 0.1) is 23.7 Å². The van der Waals surface area contributed by atoms with Gasteiger partial charge in [-0.2, -0.15) is 0 Å². The number of hydrogen-bond donors (Lipinski definition) is 0. The van der Waals surface area contributed by atoms with Crippen LogP contribution in [0.5, 0.6) is 0 Å². The Balaban J connectivity index is 2.10. The third-order valence-electron chi connectivity index (χ3n) is 7.42. The van der Waals surface area contributed by atoms with Gasteiger partial charge < -0.3 is 9.47 Å². The van der Waals surface area contributed by atoms with E-state index in [9.17, 15) is 9.59 Å². The van der Waals surface area contributed by atoms with Gasteiger partial charge in [0.2, 0.25) is 0 Å². The molecule has 0 aromatic heterocycles. The Kier molecular flexibility index (Phi) is 10.3. The summed E-state index contributed by atoms with van der Waals surface area (Å²) in [5.74, 6) is -0.893. The summed E-state index contributed by atoms with van der Waals surface area (Å²) in [5, 5.41) is -1.49. The second-order valence-corrected chi connectivity index (χ2v) is 10.5. The van der Waals surface area contributed by atoms with Gasteiger partial charge in [0.25, 0.3) is 5.79 Å². The summed E-state index contributed by atoms with van der Waals surface area (Å²) in [4.78, 5) is 25.5. The Bertz CT molecular complexity index is 521. The second kappa shape index (κ2) is 11.9. The van der Waals surface area contributed by atoms with E-state index < -0.39 is 28.5 Å². The Morgan fingerprint density at radius 2 is 1.20 bits per heavy atom. The minimum absolute atomic E-state index is 0.00798. The first-order valence-corrected chi connectivity index (χ1v) is 12.8. The van der Waals surface area contributed by atoms with Gasteiger partial charge in [-0.3, -0.25) is 9.59 Å². The van der Waals surface area contributed by atoms with E-state index >= 15 is 0 Å². The number of alkyl halides is 2. The van der Waals surface area contributed by atoms with Gasteiger partial charge in [-0.25, -0.2) is 0 Å². The molecule has 174 valence electrons. The van der Waals surface area contributed by atoms with Gasteiger partial charge >= 0.3 is 11.9 Å². The normalized spacial score (nSPS) is 29.5. The highest BCUT2D eigenvalue weighted by atomic mass is 35.5. The van der Waals surface area contributed by atoms with Crippen molar-refractivity contribution in [2.45, 2.75) is 115 Å². The van der Waals surface area contributed by atoms with E-state index in [4.69, 9.17) is 32.7 Å². The smallest absolute Gasteiger partial charge is 0.327 e. The van der Waals surface area contributed by atoms with Crippen LogP contribution in [0.1, 0.15) is 98.3 Å². The average molecular weight is 463 g/mol. The molecule has 0 N–H and O–H groups in total. The average Bonchev–Trinajstić information content (AvgIpc) is 2.77. The van der Waals surface area contributed by atoms with Crippen molar-refractivity contribution in [3.8, 4) is 0 Å². The first-order valence-electron chi connectivity index (χ1n) is 12.0. The fourth-order valence-corrected chi connectivity index (χ4v) is 5.19. The molecule has 0 amide bonds. The highest BCUT2D eigenvalue weighted by molar-refractivity contribution is 6.30. The zero-order chi connectivity index (χ0) is 22.3. The third-order valence-corrected chi connectivity index (χ3v) is 8.64. The third kappa shape index (κ3) is 6.76. The molecule has 4 nitrogen and oxygen atoms in total. The van der Waals surface area contributed by atoms with Gasteiger partial charge in [-0.05, 0) is 36.5 Å². The predicted octanol–water partition coefficient (Wildman–Crippen LogP) is 6.85. The largest absolute Gasteiger partial charge is 0.421 e. The van der Waals surface area contributed by atoms with Gasteiger partial charge in [0.05, 0.1) is 0 Å². The minimum atomic E-state index is -1.24. The van der Waals surface area contributed by atoms with Crippen LogP contribution in [0.4, 0.5) is 0 Å². The molecule has 0 radical (unpaired) electrons. The molecule has 0 aliphatic heterocycles. The van der Waals surface area contributed by atoms with Gasteiger partial charge in [0, 0.05) is 12.8 Å². The molecule has 30 heavy (non-hydrogen) atoms. The van der Waals surface area contributed by atoms with Gasteiger partial charge in [0.15, 0.2) is 0 Å². The number of halogens is 2. The molecule has 0 aromatic rings. The highest BCUT2D eigenvalue weighted by Crippen LogP contribution is 2.44. The maximum atomic E-state index is 12.8. The first-order chi connectivity index (χ1) is 14.2. The van der Waals surface area contributed by atoms with E-state index in [0.717, 1.165) is 31.6 Å². The number of carbonyl (C=O) groups is 2. The molecule has 2 aliphatic carbocycles. The minimum Gasteiger partial charge on any atom is -0.421 e. The highest BCUT2D eigenvalue weighted by Gasteiger charge is 2.46. The van der Waals surface area contributed by atoms with Crippen molar-refractivity contribution >= 4 is 35.1 Å². The van der Waals surface area contributed by atoms with E-state index in [0.29, 0.717) is 18.8 Å². The number of carbonyl (C=O) groups excluding carboxylic acids is 2. The SMILES string of the molecule is CCC(C)C(Cl)C(=O)OC1(OC(=O)C(Cl)C(C)CC)CCC(C2CCCCC2)CC1. The lowest BCUT2D eigenvalue weighted by molar-refractivity contribution is -0.243. The summed E-state index contributed by atoms with van der Waals surface area (Å²) in [6, 6.07) is 0. The molecule has 0 heterocycles. The summed E-state index contributed by atoms with van der Waals surface area (Å²) < 4.78 is 11.7. The van der Waals surface area contributed by atoms with E-state index in [1.807, 2.05) is 27.7 Å². The lowest BCUT2D eigenvalue weighted by atomic mass is 9.72. The van der Waals surface area contributed by atoms with Crippen molar-refractivity contribution in [3.63, 3.8) is 0 Å². The lowest BCUT2D eigenvalue weighted by Gasteiger charge is -2.42. The zero-order valence-electron chi connectivity index (χ0n) is 19.1. The van der Waals surface area contributed by atoms with Crippen LogP contribution in [0.15, 0.2) is 0 Å². The van der Waals surface area contributed by atoms with E-state index in [2.05, 4.69) is 0 Å². The first kappa shape index (κ1) is 25.8. The summed E-state index contributed by atoms with van der Waals surface area (Å²) in [6.07, 6.45) is 10.9. The van der Waals surface area contributed by atoms with Crippen LogP contribution in [0.25, 0.3) is 0 Å². The topological polar surface area (TPSA) is 52.6 Å². The van der Waals surface area contributed by atoms with Crippen LogP contribution in [0.2, 0.25) is 0 Å². The summed E-state index contributed by atoms with van der Waals surface area (Å²) in [7, 11) is 0. The molecular formula is C24H40Cl2O4.